The van der Waals surface area contributed by atoms with E-state index < -0.39 is 11.9 Å². The zero-order valence-electron chi connectivity index (χ0n) is 11.8. The Morgan fingerprint density at radius 3 is 2.43 bits per heavy atom. The second-order valence-corrected chi connectivity index (χ2v) is 5.48. The zero-order valence-corrected chi connectivity index (χ0v) is 13.4. The third-order valence-corrected chi connectivity index (χ3v) is 3.41. The molecule has 0 saturated carbocycles. The van der Waals surface area contributed by atoms with E-state index in [9.17, 15) is 9.59 Å². The summed E-state index contributed by atoms with van der Waals surface area (Å²) in [6.07, 6.45) is 1.48. The first-order valence-corrected chi connectivity index (χ1v) is 7.31. The summed E-state index contributed by atoms with van der Waals surface area (Å²) in [5.41, 5.74) is 1.20. The van der Waals surface area contributed by atoms with Crippen LogP contribution in [0.1, 0.15) is 15.9 Å². The number of hydrogen-bond donors (Lipinski definition) is 2. The number of carbonyl (C=O) groups is 2. The Labute approximate surface area is 141 Å². The second-order valence-electron chi connectivity index (χ2n) is 4.56. The fourth-order valence-electron chi connectivity index (χ4n) is 1.81. The molecule has 0 unspecified atom stereocenters. The number of carbonyl (C=O) groups excluding carboxylic acids is 1. The van der Waals surface area contributed by atoms with E-state index in [1.54, 1.807) is 18.2 Å². The molecule has 0 saturated heterocycles. The summed E-state index contributed by atoms with van der Waals surface area (Å²) < 4.78 is 0.841. The summed E-state index contributed by atoms with van der Waals surface area (Å²) in [5, 5.41) is 20.5. The van der Waals surface area contributed by atoms with Crippen molar-refractivity contribution in [3.8, 4) is 6.07 Å². The third-order valence-electron chi connectivity index (χ3n) is 2.91. The van der Waals surface area contributed by atoms with Gasteiger partial charge in [-0.2, -0.15) is 5.26 Å². The Bertz CT molecular complexity index is 820. The van der Waals surface area contributed by atoms with Gasteiger partial charge in [-0.1, -0.05) is 28.1 Å². The number of nitriles is 1. The topological polar surface area (TPSA) is 90.2 Å². The van der Waals surface area contributed by atoms with E-state index in [0.717, 1.165) is 4.47 Å². The Balaban J connectivity index is 2.17. The van der Waals surface area contributed by atoms with E-state index in [2.05, 4.69) is 21.2 Å². The average molecular weight is 371 g/mol. The number of nitrogens with one attached hydrogen (secondary N) is 1. The molecular formula is C17H11BrN2O3. The molecule has 6 heteroatoms. The number of amides is 1. The Morgan fingerprint density at radius 2 is 1.87 bits per heavy atom. The van der Waals surface area contributed by atoms with E-state index in [0.29, 0.717) is 11.3 Å². The number of nitrogens with zero attached hydrogens (tertiary/aromatic N) is 1. The zero-order chi connectivity index (χ0) is 16.8. The largest absolute Gasteiger partial charge is 0.478 e. The lowest BCUT2D eigenvalue weighted by atomic mass is 10.1. The van der Waals surface area contributed by atoms with Crippen molar-refractivity contribution in [2.75, 3.05) is 5.32 Å². The fraction of sp³-hybridized carbons (Fsp3) is 0. The standard InChI is InChI=1S/C17H11BrN2O3/c18-14-3-1-2-11(9-14)8-13(10-19)16(21)20-15-6-4-12(5-7-15)17(22)23/h1-9H,(H,20,21)(H,22,23)/b13-8-. The van der Waals surface area contributed by atoms with Crippen LogP contribution in [0.15, 0.2) is 58.6 Å². The molecule has 114 valence electrons. The van der Waals surface area contributed by atoms with Crippen LogP contribution in [0.4, 0.5) is 5.69 Å². The molecule has 2 aromatic carbocycles. The highest BCUT2D eigenvalue weighted by Gasteiger charge is 2.10. The predicted octanol–water partition coefficient (Wildman–Crippen LogP) is 3.69. The first-order chi connectivity index (χ1) is 11.0. The lowest BCUT2D eigenvalue weighted by Gasteiger charge is -2.05. The highest BCUT2D eigenvalue weighted by molar-refractivity contribution is 9.10. The van der Waals surface area contributed by atoms with Crippen LogP contribution in [-0.4, -0.2) is 17.0 Å². The van der Waals surface area contributed by atoms with Gasteiger partial charge in [-0.05, 0) is 48.0 Å². The molecule has 0 atom stereocenters. The number of aromatic carboxylic acids is 1. The van der Waals surface area contributed by atoms with E-state index >= 15 is 0 Å². The van der Waals surface area contributed by atoms with Gasteiger partial charge in [0.1, 0.15) is 11.6 Å². The van der Waals surface area contributed by atoms with Gasteiger partial charge < -0.3 is 10.4 Å². The summed E-state index contributed by atoms with van der Waals surface area (Å²) in [7, 11) is 0. The van der Waals surface area contributed by atoms with E-state index in [1.165, 1.54) is 30.3 Å². The van der Waals surface area contributed by atoms with Gasteiger partial charge in [0.05, 0.1) is 5.56 Å². The van der Waals surface area contributed by atoms with Gasteiger partial charge >= 0.3 is 5.97 Å². The van der Waals surface area contributed by atoms with Crippen molar-refractivity contribution >= 4 is 39.6 Å². The monoisotopic (exact) mass is 370 g/mol. The molecule has 0 bridgehead atoms. The maximum absolute atomic E-state index is 12.1. The molecule has 0 aromatic heterocycles. The summed E-state index contributed by atoms with van der Waals surface area (Å²) in [5.74, 6) is -1.61. The molecule has 0 radical (unpaired) electrons. The molecule has 0 aliphatic heterocycles. The summed E-state index contributed by atoms with van der Waals surface area (Å²) >= 11 is 3.32. The molecule has 2 rings (SSSR count). The van der Waals surface area contributed by atoms with Gasteiger partial charge in [-0.25, -0.2) is 4.79 Å². The van der Waals surface area contributed by atoms with Gasteiger partial charge in [0.15, 0.2) is 0 Å². The van der Waals surface area contributed by atoms with Gasteiger partial charge in [0.2, 0.25) is 0 Å². The van der Waals surface area contributed by atoms with E-state index in [1.807, 2.05) is 12.1 Å². The lowest BCUT2D eigenvalue weighted by molar-refractivity contribution is -0.112. The summed E-state index contributed by atoms with van der Waals surface area (Å²) in [6.45, 7) is 0. The van der Waals surface area contributed by atoms with Crippen molar-refractivity contribution in [2.45, 2.75) is 0 Å². The molecule has 0 fully saturated rings. The number of rotatable bonds is 4. The molecule has 0 aliphatic rings. The Morgan fingerprint density at radius 1 is 1.17 bits per heavy atom. The van der Waals surface area contributed by atoms with Gasteiger partial charge in [-0.3, -0.25) is 4.79 Å². The number of benzene rings is 2. The SMILES string of the molecule is N#C/C(=C/c1cccc(Br)c1)C(=O)Nc1ccc(C(=O)O)cc1. The number of carboxylic acids is 1. The van der Waals surface area contributed by atoms with Crippen LogP contribution in [0, 0.1) is 11.3 Å². The molecule has 2 N–H and O–H groups in total. The molecule has 1 amide bonds. The smallest absolute Gasteiger partial charge is 0.335 e. The van der Waals surface area contributed by atoms with Crippen molar-refractivity contribution in [3.05, 3.63) is 69.7 Å². The number of hydrogen-bond acceptors (Lipinski definition) is 3. The Kier molecular flexibility index (Phi) is 5.28. The van der Waals surface area contributed by atoms with E-state index in [4.69, 9.17) is 10.4 Å². The quantitative estimate of drug-likeness (QED) is 0.634. The van der Waals surface area contributed by atoms with Crippen LogP contribution in [0.3, 0.4) is 0 Å². The number of anilines is 1. The molecule has 23 heavy (non-hydrogen) atoms. The number of carboxylic acid groups (broad SMARTS) is 1. The molecule has 0 aliphatic carbocycles. The summed E-state index contributed by atoms with van der Waals surface area (Å²) in [6, 6.07) is 14.7. The van der Waals surface area contributed by atoms with Crippen LogP contribution in [0.5, 0.6) is 0 Å². The first-order valence-electron chi connectivity index (χ1n) is 6.51. The van der Waals surface area contributed by atoms with Crippen molar-refractivity contribution in [1.82, 2.24) is 0 Å². The van der Waals surface area contributed by atoms with Crippen LogP contribution >= 0.6 is 15.9 Å². The molecule has 0 spiro atoms. The minimum absolute atomic E-state index is 0.0505. The minimum atomic E-state index is -1.05. The highest BCUT2D eigenvalue weighted by atomic mass is 79.9. The predicted molar refractivity (Wildman–Crippen MR) is 89.8 cm³/mol. The molecule has 5 nitrogen and oxygen atoms in total. The normalized spacial score (nSPS) is 10.7. The van der Waals surface area contributed by atoms with Gasteiger partial charge in [-0.15, -0.1) is 0 Å². The minimum Gasteiger partial charge on any atom is -0.478 e. The Hall–Kier alpha value is -2.91. The molecule has 2 aromatic rings. The summed E-state index contributed by atoms with van der Waals surface area (Å²) in [4.78, 5) is 22.9. The van der Waals surface area contributed by atoms with Gasteiger partial charge in [0.25, 0.3) is 5.91 Å². The lowest BCUT2D eigenvalue weighted by Crippen LogP contribution is -2.13. The fourth-order valence-corrected chi connectivity index (χ4v) is 2.22. The van der Waals surface area contributed by atoms with Crippen molar-refractivity contribution in [2.24, 2.45) is 0 Å². The third kappa shape index (κ3) is 4.53. The maximum Gasteiger partial charge on any atom is 0.335 e. The second kappa shape index (κ2) is 7.38. The molecular weight excluding hydrogens is 360 g/mol. The van der Waals surface area contributed by atoms with Crippen molar-refractivity contribution in [1.29, 1.82) is 5.26 Å². The van der Waals surface area contributed by atoms with E-state index in [-0.39, 0.29) is 11.1 Å². The first kappa shape index (κ1) is 16.5. The number of halogens is 1. The van der Waals surface area contributed by atoms with Crippen molar-refractivity contribution in [3.63, 3.8) is 0 Å². The molecule has 0 heterocycles. The van der Waals surface area contributed by atoms with Crippen LogP contribution < -0.4 is 5.32 Å². The van der Waals surface area contributed by atoms with Crippen molar-refractivity contribution < 1.29 is 14.7 Å². The van der Waals surface area contributed by atoms with Gasteiger partial charge in [0, 0.05) is 10.2 Å². The average Bonchev–Trinajstić information content (AvgIpc) is 2.53. The van der Waals surface area contributed by atoms with Crippen LogP contribution in [0.25, 0.3) is 6.08 Å². The van der Waals surface area contributed by atoms with Crippen LogP contribution in [0.2, 0.25) is 0 Å². The maximum atomic E-state index is 12.1. The van der Waals surface area contributed by atoms with Crippen LogP contribution in [-0.2, 0) is 4.79 Å². The highest BCUT2D eigenvalue weighted by Crippen LogP contribution is 2.16.